The molecule has 286 valence electrons. The minimum absolute atomic E-state index is 0.862. The average molecular weight is 796 g/mol. The molecule has 3 heteroatoms. The Morgan fingerprint density at radius 3 is 1.85 bits per heavy atom. The van der Waals surface area contributed by atoms with Gasteiger partial charge in [0.05, 0.1) is 16.8 Å². The summed E-state index contributed by atoms with van der Waals surface area (Å²) in [5, 5.41) is 7.04. The zero-order valence-corrected chi connectivity index (χ0v) is 33.9. The summed E-state index contributed by atoms with van der Waals surface area (Å²) in [4.78, 5) is 2.44. The molecule has 0 aliphatic carbocycles. The Labute approximate surface area is 357 Å². The third kappa shape index (κ3) is 5.93. The van der Waals surface area contributed by atoms with E-state index < -0.39 is 0 Å². The van der Waals surface area contributed by atoms with Gasteiger partial charge in [0.15, 0.2) is 0 Å². The monoisotopic (exact) mass is 795 g/mol. The summed E-state index contributed by atoms with van der Waals surface area (Å²) < 4.78 is 9.37. The minimum Gasteiger partial charge on any atom is -0.455 e. The lowest BCUT2D eigenvalue weighted by Crippen LogP contribution is -2.11. The van der Waals surface area contributed by atoms with Gasteiger partial charge >= 0.3 is 0 Å². The van der Waals surface area contributed by atoms with Gasteiger partial charge in [-0.15, -0.1) is 11.3 Å². The number of hydrogen-bond donors (Lipinski definition) is 0. The van der Waals surface area contributed by atoms with Gasteiger partial charge in [-0.25, -0.2) is 0 Å². The van der Waals surface area contributed by atoms with Crippen LogP contribution in [0.25, 0.3) is 97.4 Å². The number of hydrogen-bond acceptors (Lipinski definition) is 3. The van der Waals surface area contributed by atoms with Gasteiger partial charge in [-0.05, 0) is 87.3 Å². The predicted octanol–water partition coefficient (Wildman–Crippen LogP) is 17.2. The molecule has 61 heavy (non-hydrogen) atoms. The summed E-state index contributed by atoms with van der Waals surface area (Å²) in [5.74, 6) is 0. The van der Waals surface area contributed by atoms with Crippen LogP contribution in [0.2, 0.25) is 0 Å². The standard InChI is InChI=1S/C58H37NOS/c1-3-15-38(16-4-1)42-32-35-44(51(37-42)39-17-5-2-6-18-39)41-29-33-43(34-30-41)59(53-26-14-27-54-56(53)50-36-31-40-19-7-8-20-45(40)57(50)60-54)52-25-11-9-21-46(52)48-23-13-24-49-47-22-10-12-28-55(47)61-58(48)49/h1-37H. The normalized spacial score (nSPS) is 11.6. The third-order valence-corrected chi connectivity index (χ3v) is 13.3. The van der Waals surface area contributed by atoms with Gasteiger partial charge in [-0.3, -0.25) is 0 Å². The molecule has 0 saturated heterocycles. The fraction of sp³-hybridized carbons (Fsp3) is 0. The highest BCUT2D eigenvalue weighted by Crippen LogP contribution is 2.49. The molecular formula is C58H37NOS. The van der Waals surface area contributed by atoms with E-state index in [-0.39, 0.29) is 0 Å². The lowest BCUT2D eigenvalue weighted by Gasteiger charge is -2.29. The Hall–Kier alpha value is -7.72. The summed E-state index contributed by atoms with van der Waals surface area (Å²) in [6.07, 6.45) is 0. The molecule has 2 heterocycles. The molecule has 0 radical (unpaired) electrons. The van der Waals surface area contributed by atoms with Crippen molar-refractivity contribution in [2.24, 2.45) is 0 Å². The molecule has 2 nitrogen and oxygen atoms in total. The van der Waals surface area contributed by atoms with Crippen LogP contribution in [0, 0.1) is 0 Å². The Balaban J connectivity index is 1.08. The zero-order valence-electron chi connectivity index (χ0n) is 33.1. The lowest BCUT2D eigenvalue weighted by molar-refractivity contribution is 0.672. The maximum atomic E-state index is 6.78. The number of anilines is 3. The second-order valence-corrected chi connectivity index (χ2v) is 16.6. The molecule has 0 bridgehead atoms. The van der Waals surface area contributed by atoms with E-state index in [0.29, 0.717) is 0 Å². The van der Waals surface area contributed by atoms with Crippen molar-refractivity contribution in [3.05, 3.63) is 224 Å². The first kappa shape index (κ1) is 35.2. The van der Waals surface area contributed by atoms with Gasteiger partial charge < -0.3 is 9.32 Å². The van der Waals surface area contributed by atoms with Crippen LogP contribution in [0.5, 0.6) is 0 Å². The van der Waals surface area contributed by atoms with Crippen LogP contribution < -0.4 is 4.90 Å². The molecule has 0 atom stereocenters. The summed E-state index contributed by atoms with van der Waals surface area (Å²) in [5.41, 5.74) is 14.5. The number of fused-ring (bicyclic) bond motifs is 8. The topological polar surface area (TPSA) is 16.4 Å². The van der Waals surface area contributed by atoms with E-state index in [1.54, 1.807) is 0 Å². The van der Waals surface area contributed by atoms with Crippen LogP contribution in [0.15, 0.2) is 229 Å². The van der Waals surface area contributed by atoms with Gasteiger partial charge in [-0.2, -0.15) is 0 Å². The summed E-state index contributed by atoms with van der Waals surface area (Å²) in [6, 6.07) is 81.1. The molecule has 2 aromatic heterocycles. The molecule has 0 amide bonds. The predicted molar refractivity (Wildman–Crippen MR) is 261 cm³/mol. The molecule has 0 saturated carbocycles. The molecule has 12 rings (SSSR count). The summed E-state index contributed by atoms with van der Waals surface area (Å²) >= 11 is 1.87. The third-order valence-electron chi connectivity index (χ3n) is 12.1. The van der Waals surface area contributed by atoms with Gasteiger partial charge in [-0.1, -0.05) is 176 Å². The molecule has 0 unspecified atom stereocenters. The van der Waals surface area contributed by atoms with Crippen LogP contribution in [0.3, 0.4) is 0 Å². The molecule has 0 fully saturated rings. The van der Waals surface area contributed by atoms with Crippen LogP contribution >= 0.6 is 11.3 Å². The second kappa shape index (κ2) is 14.5. The first-order chi connectivity index (χ1) is 30.3. The SMILES string of the molecule is c1ccc(-c2ccc(-c3ccc(N(c4ccccc4-c4cccc5c4sc4ccccc45)c4cccc5oc6c7ccccc7ccc6c45)cc3)c(-c3ccccc3)c2)cc1. The fourth-order valence-electron chi connectivity index (χ4n) is 9.24. The van der Waals surface area contributed by atoms with E-state index in [9.17, 15) is 0 Å². The summed E-state index contributed by atoms with van der Waals surface area (Å²) in [7, 11) is 0. The van der Waals surface area contributed by atoms with E-state index in [1.165, 1.54) is 59.1 Å². The average Bonchev–Trinajstić information content (AvgIpc) is 3.92. The molecule has 10 aromatic carbocycles. The van der Waals surface area contributed by atoms with Crippen molar-refractivity contribution in [3.8, 4) is 44.5 Å². The summed E-state index contributed by atoms with van der Waals surface area (Å²) in [6.45, 7) is 0. The van der Waals surface area contributed by atoms with E-state index in [2.05, 4.69) is 229 Å². The Morgan fingerprint density at radius 2 is 1.00 bits per heavy atom. The van der Waals surface area contributed by atoms with Gasteiger partial charge in [0.25, 0.3) is 0 Å². The van der Waals surface area contributed by atoms with Crippen molar-refractivity contribution in [3.63, 3.8) is 0 Å². The van der Waals surface area contributed by atoms with E-state index in [0.717, 1.165) is 55.3 Å². The maximum absolute atomic E-state index is 6.78. The minimum atomic E-state index is 0.862. The largest absolute Gasteiger partial charge is 0.455 e. The van der Waals surface area contributed by atoms with Crippen LogP contribution in [-0.2, 0) is 0 Å². The molecule has 12 aromatic rings. The fourth-order valence-corrected chi connectivity index (χ4v) is 10.5. The highest BCUT2D eigenvalue weighted by atomic mass is 32.1. The van der Waals surface area contributed by atoms with E-state index >= 15 is 0 Å². The molecular weight excluding hydrogens is 759 g/mol. The number of rotatable bonds is 7. The Bertz CT molecular complexity index is 3580. The number of furan rings is 1. The van der Waals surface area contributed by atoms with Crippen molar-refractivity contribution in [1.82, 2.24) is 0 Å². The molecule has 0 spiro atoms. The number of thiophene rings is 1. The number of nitrogens with zero attached hydrogens (tertiary/aromatic N) is 1. The van der Waals surface area contributed by atoms with Gasteiger partial charge in [0, 0.05) is 47.8 Å². The van der Waals surface area contributed by atoms with E-state index in [1.807, 2.05) is 11.3 Å². The molecule has 0 aliphatic heterocycles. The van der Waals surface area contributed by atoms with Crippen molar-refractivity contribution >= 4 is 81.3 Å². The van der Waals surface area contributed by atoms with Crippen molar-refractivity contribution in [2.75, 3.05) is 4.90 Å². The van der Waals surface area contributed by atoms with Gasteiger partial charge in [0.2, 0.25) is 0 Å². The quantitative estimate of drug-likeness (QED) is 0.160. The van der Waals surface area contributed by atoms with Crippen LogP contribution in [0.4, 0.5) is 17.1 Å². The highest BCUT2D eigenvalue weighted by molar-refractivity contribution is 7.26. The maximum Gasteiger partial charge on any atom is 0.143 e. The number of benzene rings is 10. The first-order valence-electron chi connectivity index (χ1n) is 20.7. The first-order valence-corrected chi connectivity index (χ1v) is 21.6. The number of para-hydroxylation sites is 1. The molecule has 0 N–H and O–H groups in total. The Kier molecular flexibility index (Phi) is 8.39. The lowest BCUT2D eigenvalue weighted by atomic mass is 9.91. The highest BCUT2D eigenvalue weighted by Gasteiger charge is 2.24. The van der Waals surface area contributed by atoms with E-state index in [4.69, 9.17) is 4.42 Å². The smallest absolute Gasteiger partial charge is 0.143 e. The van der Waals surface area contributed by atoms with Crippen molar-refractivity contribution < 1.29 is 4.42 Å². The van der Waals surface area contributed by atoms with Crippen LogP contribution in [0.1, 0.15) is 0 Å². The Morgan fingerprint density at radius 1 is 0.361 bits per heavy atom. The van der Waals surface area contributed by atoms with Crippen molar-refractivity contribution in [2.45, 2.75) is 0 Å². The molecule has 0 aliphatic rings. The van der Waals surface area contributed by atoms with Crippen LogP contribution in [-0.4, -0.2) is 0 Å². The van der Waals surface area contributed by atoms with Crippen molar-refractivity contribution in [1.29, 1.82) is 0 Å². The zero-order chi connectivity index (χ0) is 40.3. The second-order valence-electron chi connectivity index (χ2n) is 15.6. The van der Waals surface area contributed by atoms with Gasteiger partial charge in [0.1, 0.15) is 11.2 Å².